The Balaban J connectivity index is 0.000000121. The predicted octanol–water partition coefficient (Wildman–Crippen LogP) is 25.6. The van der Waals surface area contributed by atoms with E-state index in [-0.39, 0.29) is 0 Å². The zero-order valence-electron chi connectivity index (χ0n) is 60.8. The summed E-state index contributed by atoms with van der Waals surface area (Å²) in [6, 6.07) is 102. The minimum absolute atomic E-state index is 0.417. The van der Waals surface area contributed by atoms with Gasteiger partial charge in [0.2, 0.25) is 0 Å². The molecule has 0 bridgehead atoms. The lowest BCUT2D eigenvalue weighted by molar-refractivity contribution is 0.00578. The summed E-state index contributed by atoms with van der Waals surface area (Å²) < 4.78 is 50.7. The van der Waals surface area contributed by atoms with Gasteiger partial charge in [0, 0.05) is 102 Å². The highest BCUT2D eigenvalue weighted by molar-refractivity contribution is 9.10. The number of furan rings is 6. The maximum Gasteiger partial charge on any atom is 0.494 e. The molecule has 0 aliphatic carbocycles. The largest absolute Gasteiger partial charge is 0.494 e. The van der Waals surface area contributed by atoms with Crippen LogP contribution in [0.2, 0.25) is 0 Å². The fraction of sp³-hybridized carbons (Fsp3) is 0.0625. The molecule has 23 rings (SSSR count). The van der Waals surface area contributed by atoms with Crippen LogP contribution >= 0.6 is 15.9 Å². The van der Waals surface area contributed by atoms with Crippen LogP contribution in [0.15, 0.2) is 334 Å². The van der Waals surface area contributed by atoms with Crippen LogP contribution in [0.1, 0.15) is 27.7 Å². The van der Waals surface area contributed by atoms with Gasteiger partial charge < -0.3 is 35.8 Å². The van der Waals surface area contributed by atoms with Gasteiger partial charge in [-0.1, -0.05) is 198 Å². The summed E-state index contributed by atoms with van der Waals surface area (Å²) in [6.07, 6.45) is 0. The van der Waals surface area contributed by atoms with Crippen molar-refractivity contribution in [2.75, 3.05) is 0 Å². The van der Waals surface area contributed by atoms with E-state index < -0.39 is 18.3 Å². The van der Waals surface area contributed by atoms with E-state index in [9.17, 15) is 0 Å². The topological polar surface area (TPSA) is 175 Å². The Morgan fingerprint density at radius 1 is 0.214 bits per heavy atom. The van der Waals surface area contributed by atoms with Crippen LogP contribution in [0.5, 0.6) is 0 Å². The maximum atomic E-state index is 6.42. The molecule has 8 aromatic heterocycles. The predicted molar refractivity (Wildman–Crippen MR) is 451 cm³/mol. The first kappa shape index (κ1) is 66.6. The minimum Gasteiger partial charge on any atom is -0.456 e. The summed E-state index contributed by atoms with van der Waals surface area (Å²) in [5.74, 6) is 3.43. The van der Waals surface area contributed by atoms with Crippen LogP contribution < -0.4 is 5.46 Å². The van der Waals surface area contributed by atoms with Crippen molar-refractivity contribution in [2.45, 2.75) is 38.9 Å². The standard InChI is InChI=1S/C45H25N3O3.C39H30BN3O4.C12H7BrO/c1-2-8-26(9-3-1)43-46-44(29-15-19-34-32-11-5-7-13-38(32)50-41(34)24-29)48-45(47-43)30-16-20-35-36-22-27(17-21-39(36)51-42(35)25-30)28-14-18-33-31-10-4-6-12-37(31)49-40(33)23-28;1-38(2)39(3,4)47-40(46-38)26-16-19-32-30(22-26)29-18-15-25(21-34(29)45-32)37-42-35(23-10-6-5-7-11-23)41-36(43-37)24-14-17-28-27-12-8-9-13-31(27)44-33(28)20-24;13-8-5-6-10-9-3-1-2-4-11(9)14-12(10)7-8/h1-25H;5-22H,1-4H3;1-7H. The molecule has 16 heteroatoms. The van der Waals surface area contributed by atoms with Crippen molar-refractivity contribution in [3.05, 3.63) is 308 Å². The molecule has 0 atom stereocenters. The normalized spacial score (nSPS) is 13.5. The fourth-order valence-electron chi connectivity index (χ4n) is 15.2. The molecule has 14 nitrogen and oxygen atoms in total. The number of nitrogens with zero attached hydrogens (tertiary/aromatic N) is 6. The number of benzene rings is 14. The summed E-state index contributed by atoms with van der Waals surface area (Å²) >= 11 is 3.43. The van der Waals surface area contributed by atoms with E-state index in [1.54, 1.807) is 0 Å². The Morgan fingerprint density at radius 2 is 0.473 bits per heavy atom. The lowest BCUT2D eigenvalue weighted by atomic mass is 9.78. The van der Waals surface area contributed by atoms with Gasteiger partial charge in [-0.15, -0.1) is 0 Å². The molecule has 0 N–H and O–H groups in total. The molecule has 9 heterocycles. The first-order valence-corrected chi connectivity index (χ1v) is 37.8. The highest BCUT2D eigenvalue weighted by Crippen LogP contribution is 2.42. The Bertz CT molecular complexity index is 7510. The summed E-state index contributed by atoms with van der Waals surface area (Å²) in [5, 5.41) is 12.9. The van der Waals surface area contributed by atoms with E-state index >= 15 is 0 Å². The van der Waals surface area contributed by atoms with E-state index in [0.29, 0.717) is 34.9 Å². The second kappa shape index (κ2) is 26.3. The van der Waals surface area contributed by atoms with E-state index in [1.807, 2.05) is 206 Å². The van der Waals surface area contributed by atoms with Crippen LogP contribution in [0.25, 0.3) is 211 Å². The Morgan fingerprint density at radius 3 is 0.857 bits per heavy atom. The number of rotatable bonds is 8. The number of hydrogen-bond acceptors (Lipinski definition) is 14. The third-order valence-electron chi connectivity index (χ3n) is 21.7. The highest BCUT2D eigenvalue weighted by Gasteiger charge is 2.52. The van der Waals surface area contributed by atoms with E-state index in [1.165, 1.54) is 10.8 Å². The molecule has 0 spiro atoms. The molecule has 1 saturated heterocycles. The van der Waals surface area contributed by atoms with Crippen molar-refractivity contribution < 1.29 is 35.8 Å². The molecule has 1 fully saturated rings. The minimum atomic E-state index is -0.451. The molecule has 0 unspecified atom stereocenters. The molecular formula is C96H62BBrN6O8. The lowest BCUT2D eigenvalue weighted by Crippen LogP contribution is -2.41. The second-order valence-corrected chi connectivity index (χ2v) is 30.1. The monoisotopic (exact) mass is 1520 g/mol. The van der Waals surface area contributed by atoms with Crippen molar-refractivity contribution in [1.29, 1.82) is 0 Å². The molecule has 0 amide bonds. The lowest BCUT2D eigenvalue weighted by Gasteiger charge is -2.32. The van der Waals surface area contributed by atoms with Crippen LogP contribution in [-0.2, 0) is 9.31 Å². The van der Waals surface area contributed by atoms with E-state index in [0.717, 1.165) is 175 Å². The highest BCUT2D eigenvalue weighted by atomic mass is 79.9. The number of hydrogen-bond donors (Lipinski definition) is 0. The number of aromatic nitrogens is 6. The van der Waals surface area contributed by atoms with E-state index in [4.69, 9.17) is 65.7 Å². The third-order valence-corrected chi connectivity index (χ3v) is 22.2. The van der Waals surface area contributed by atoms with Gasteiger partial charge in [-0.25, -0.2) is 29.9 Å². The van der Waals surface area contributed by atoms with Gasteiger partial charge in [-0.05, 0) is 166 Å². The van der Waals surface area contributed by atoms with Gasteiger partial charge in [0.15, 0.2) is 34.9 Å². The average molecular weight is 1520 g/mol. The summed E-state index contributed by atoms with van der Waals surface area (Å²) in [5.41, 5.74) is 17.5. The summed E-state index contributed by atoms with van der Waals surface area (Å²) in [6.45, 7) is 8.25. The quantitative estimate of drug-likeness (QED) is 0.131. The van der Waals surface area contributed by atoms with Gasteiger partial charge in [0.1, 0.15) is 67.0 Å². The first-order valence-electron chi connectivity index (χ1n) is 37.0. The van der Waals surface area contributed by atoms with Crippen LogP contribution in [0.3, 0.4) is 0 Å². The summed E-state index contributed by atoms with van der Waals surface area (Å²) in [4.78, 5) is 29.7. The van der Waals surface area contributed by atoms with Crippen molar-refractivity contribution >= 4 is 160 Å². The smallest absolute Gasteiger partial charge is 0.456 e. The average Bonchev–Trinajstić information content (AvgIpc) is 1.58. The summed E-state index contributed by atoms with van der Waals surface area (Å²) in [7, 11) is -0.451. The zero-order valence-corrected chi connectivity index (χ0v) is 62.4. The van der Waals surface area contributed by atoms with Crippen molar-refractivity contribution in [1.82, 2.24) is 29.9 Å². The maximum absolute atomic E-state index is 6.42. The van der Waals surface area contributed by atoms with E-state index in [2.05, 4.69) is 141 Å². The second-order valence-electron chi connectivity index (χ2n) is 29.2. The molecule has 534 valence electrons. The fourth-order valence-corrected chi connectivity index (χ4v) is 15.5. The number of para-hydroxylation sites is 4. The Labute approximate surface area is 647 Å². The van der Waals surface area contributed by atoms with Crippen molar-refractivity contribution in [2.24, 2.45) is 0 Å². The zero-order chi connectivity index (χ0) is 74.9. The van der Waals surface area contributed by atoms with Crippen LogP contribution in [0, 0.1) is 0 Å². The Kier molecular flexibility index (Phi) is 15.6. The van der Waals surface area contributed by atoms with Gasteiger partial charge in [-0.3, -0.25) is 0 Å². The van der Waals surface area contributed by atoms with Crippen molar-refractivity contribution in [3.8, 4) is 79.5 Å². The molecule has 1 aliphatic heterocycles. The third kappa shape index (κ3) is 11.7. The SMILES string of the molecule is Brc1ccc2c(c1)oc1ccccc12.CC1(C)OB(c2ccc3oc4cc(-c5nc(-c6ccccc6)nc(-c6ccc7c(c6)oc6ccccc67)n5)ccc4c3c2)OC1(C)C.c1ccc(-c2nc(-c3ccc4c(c3)oc3ccccc34)nc(-c3ccc4c(c3)oc3ccc(-c5ccc6c(c5)oc5ccccc56)cc34)n2)cc1. The molecular weight excluding hydrogens is 1460 g/mol. The molecule has 14 aromatic carbocycles. The van der Waals surface area contributed by atoms with Crippen molar-refractivity contribution in [3.63, 3.8) is 0 Å². The number of fused-ring (bicyclic) bond motifs is 18. The first-order chi connectivity index (χ1) is 54.8. The molecule has 22 aromatic rings. The molecule has 112 heavy (non-hydrogen) atoms. The van der Waals surface area contributed by atoms with Gasteiger partial charge >= 0.3 is 7.12 Å². The van der Waals surface area contributed by atoms with Gasteiger partial charge in [0.25, 0.3) is 0 Å². The molecule has 0 radical (unpaired) electrons. The molecule has 1 aliphatic rings. The van der Waals surface area contributed by atoms with Crippen LogP contribution in [-0.4, -0.2) is 48.2 Å². The van der Waals surface area contributed by atoms with Crippen LogP contribution in [0.4, 0.5) is 0 Å². The van der Waals surface area contributed by atoms with Gasteiger partial charge in [-0.2, -0.15) is 0 Å². The van der Waals surface area contributed by atoms with Gasteiger partial charge in [0.05, 0.1) is 11.2 Å². The molecule has 0 saturated carbocycles. The number of halogens is 1. The Hall–Kier alpha value is -13.6.